The van der Waals surface area contributed by atoms with Gasteiger partial charge in [0, 0.05) is 11.1 Å². The highest BCUT2D eigenvalue weighted by Crippen LogP contribution is 2.17. The van der Waals surface area contributed by atoms with Crippen LogP contribution in [0.3, 0.4) is 0 Å². The fourth-order valence-corrected chi connectivity index (χ4v) is 2.33. The largest absolute Gasteiger partial charge is 0.430 e. The van der Waals surface area contributed by atoms with Crippen LogP contribution in [0.4, 0.5) is 5.69 Å². The molecular formula is C18H15NO3. The Morgan fingerprint density at radius 2 is 1.73 bits per heavy atom. The number of amides is 1. The van der Waals surface area contributed by atoms with Crippen LogP contribution in [-0.2, 0) is 6.42 Å². The summed E-state index contributed by atoms with van der Waals surface area (Å²) in [4.78, 5) is 24.1. The van der Waals surface area contributed by atoms with Crippen LogP contribution in [0.5, 0.6) is 0 Å². The fraction of sp³-hybridized carbons (Fsp3) is 0.111. The maximum Gasteiger partial charge on any atom is 0.343 e. The van der Waals surface area contributed by atoms with Gasteiger partial charge in [0.05, 0.1) is 10.9 Å². The molecule has 0 aliphatic heterocycles. The van der Waals surface area contributed by atoms with Gasteiger partial charge in [0.15, 0.2) is 0 Å². The molecule has 2 aromatic carbocycles. The molecule has 1 aromatic heterocycles. The number of anilines is 1. The third-order valence-electron chi connectivity index (χ3n) is 3.59. The van der Waals surface area contributed by atoms with Gasteiger partial charge in [-0.3, -0.25) is 4.79 Å². The SMILES string of the molecule is CCc1ccc(NC(=O)c2coc(=O)c3ccccc23)cc1. The second kappa shape index (κ2) is 5.85. The second-order valence-corrected chi connectivity index (χ2v) is 4.99. The number of carbonyl (C=O) groups is 1. The first-order chi connectivity index (χ1) is 10.7. The third-order valence-corrected chi connectivity index (χ3v) is 3.59. The van der Waals surface area contributed by atoms with Crippen LogP contribution in [0.25, 0.3) is 10.8 Å². The van der Waals surface area contributed by atoms with E-state index in [1.165, 1.54) is 11.8 Å². The lowest BCUT2D eigenvalue weighted by Crippen LogP contribution is -2.14. The maximum absolute atomic E-state index is 12.4. The van der Waals surface area contributed by atoms with E-state index in [0.29, 0.717) is 22.0 Å². The first-order valence-electron chi connectivity index (χ1n) is 7.10. The van der Waals surface area contributed by atoms with Crippen LogP contribution in [0.1, 0.15) is 22.8 Å². The van der Waals surface area contributed by atoms with Crippen molar-refractivity contribution in [2.24, 2.45) is 0 Å². The molecule has 1 N–H and O–H groups in total. The molecule has 0 saturated heterocycles. The summed E-state index contributed by atoms with van der Waals surface area (Å²) in [7, 11) is 0. The molecule has 0 aliphatic carbocycles. The molecule has 110 valence electrons. The molecule has 4 heteroatoms. The zero-order chi connectivity index (χ0) is 15.5. The molecule has 0 bridgehead atoms. The standard InChI is InChI=1S/C18H15NO3/c1-2-12-7-9-13(10-8-12)19-17(20)16-11-22-18(21)15-6-4-3-5-14(15)16/h3-11H,2H2,1H3,(H,19,20). The zero-order valence-electron chi connectivity index (χ0n) is 12.1. The van der Waals surface area contributed by atoms with E-state index in [4.69, 9.17) is 4.42 Å². The van der Waals surface area contributed by atoms with Crippen molar-refractivity contribution in [3.05, 3.63) is 76.3 Å². The number of hydrogen-bond acceptors (Lipinski definition) is 3. The summed E-state index contributed by atoms with van der Waals surface area (Å²) in [5.74, 6) is -0.302. The van der Waals surface area contributed by atoms with Crippen LogP contribution in [-0.4, -0.2) is 5.91 Å². The van der Waals surface area contributed by atoms with Crippen molar-refractivity contribution in [1.29, 1.82) is 0 Å². The third kappa shape index (κ3) is 2.63. The zero-order valence-corrected chi connectivity index (χ0v) is 12.1. The van der Waals surface area contributed by atoms with E-state index in [1.54, 1.807) is 24.3 Å². The van der Waals surface area contributed by atoms with Gasteiger partial charge in [-0.1, -0.05) is 37.3 Å². The van der Waals surface area contributed by atoms with Gasteiger partial charge in [-0.2, -0.15) is 0 Å². The summed E-state index contributed by atoms with van der Waals surface area (Å²) < 4.78 is 4.95. The van der Waals surface area contributed by atoms with Gasteiger partial charge in [0.2, 0.25) is 0 Å². The smallest absolute Gasteiger partial charge is 0.343 e. The van der Waals surface area contributed by atoms with E-state index in [9.17, 15) is 9.59 Å². The summed E-state index contributed by atoms with van der Waals surface area (Å²) in [6.07, 6.45) is 2.16. The predicted molar refractivity (Wildman–Crippen MR) is 86.3 cm³/mol. The number of rotatable bonds is 3. The van der Waals surface area contributed by atoms with Crippen molar-refractivity contribution in [2.45, 2.75) is 13.3 Å². The molecular weight excluding hydrogens is 278 g/mol. The molecule has 0 saturated carbocycles. The van der Waals surface area contributed by atoms with E-state index in [2.05, 4.69) is 12.2 Å². The van der Waals surface area contributed by atoms with Gasteiger partial charge >= 0.3 is 5.63 Å². The Labute approximate surface area is 127 Å². The predicted octanol–water partition coefficient (Wildman–Crippen LogP) is 3.61. The van der Waals surface area contributed by atoms with Crippen molar-refractivity contribution in [3.8, 4) is 0 Å². The Balaban J connectivity index is 1.95. The van der Waals surface area contributed by atoms with E-state index in [1.807, 2.05) is 24.3 Å². The monoisotopic (exact) mass is 293 g/mol. The number of aryl methyl sites for hydroxylation is 1. The topological polar surface area (TPSA) is 59.3 Å². The molecule has 3 aromatic rings. The summed E-state index contributed by atoms with van der Waals surface area (Å²) in [6, 6.07) is 14.6. The average molecular weight is 293 g/mol. The highest BCUT2D eigenvalue weighted by Gasteiger charge is 2.13. The summed E-state index contributed by atoms with van der Waals surface area (Å²) in [5.41, 5.74) is 1.81. The molecule has 0 radical (unpaired) electrons. The van der Waals surface area contributed by atoms with Gasteiger partial charge < -0.3 is 9.73 Å². The molecule has 0 spiro atoms. The van der Waals surface area contributed by atoms with Crippen molar-refractivity contribution in [3.63, 3.8) is 0 Å². The fourth-order valence-electron chi connectivity index (χ4n) is 2.33. The molecule has 1 amide bonds. The van der Waals surface area contributed by atoms with Gasteiger partial charge in [0.1, 0.15) is 6.26 Å². The van der Waals surface area contributed by atoms with E-state index < -0.39 is 5.63 Å². The minimum atomic E-state index is -0.445. The molecule has 0 fully saturated rings. The van der Waals surface area contributed by atoms with Crippen LogP contribution < -0.4 is 10.9 Å². The highest BCUT2D eigenvalue weighted by atomic mass is 16.4. The molecule has 0 atom stereocenters. The number of nitrogens with one attached hydrogen (secondary N) is 1. The van der Waals surface area contributed by atoms with Gasteiger partial charge in [-0.05, 0) is 30.2 Å². The van der Waals surface area contributed by atoms with E-state index in [-0.39, 0.29) is 5.91 Å². The van der Waals surface area contributed by atoms with Crippen LogP contribution in [0, 0.1) is 0 Å². The van der Waals surface area contributed by atoms with Crippen LogP contribution in [0.2, 0.25) is 0 Å². The Bertz CT molecular complexity index is 879. The Morgan fingerprint density at radius 1 is 1.05 bits per heavy atom. The normalized spacial score (nSPS) is 10.6. The van der Waals surface area contributed by atoms with Crippen molar-refractivity contribution < 1.29 is 9.21 Å². The Morgan fingerprint density at radius 3 is 2.41 bits per heavy atom. The Hall–Kier alpha value is -2.88. The minimum absolute atomic E-state index is 0.302. The number of hydrogen-bond donors (Lipinski definition) is 1. The average Bonchev–Trinajstić information content (AvgIpc) is 2.56. The number of benzene rings is 2. The first-order valence-corrected chi connectivity index (χ1v) is 7.10. The Kier molecular flexibility index (Phi) is 3.74. The lowest BCUT2D eigenvalue weighted by molar-refractivity contribution is 0.102. The lowest BCUT2D eigenvalue weighted by atomic mass is 10.1. The second-order valence-electron chi connectivity index (χ2n) is 4.99. The molecule has 4 nitrogen and oxygen atoms in total. The minimum Gasteiger partial charge on any atom is -0.430 e. The van der Waals surface area contributed by atoms with E-state index >= 15 is 0 Å². The van der Waals surface area contributed by atoms with Crippen LogP contribution >= 0.6 is 0 Å². The van der Waals surface area contributed by atoms with Gasteiger partial charge in [-0.15, -0.1) is 0 Å². The van der Waals surface area contributed by atoms with Gasteiger partial charge in [-0.25, -0.2) is 4.79 Å². The molecule has 0 aliphatic rings. The lowest BCUT2D eigenvalue weighted by Gasteiger charge is -2.07. The van der Waals surface area contributed by atoms with Crippen molar-refractivity contribution in [1.82, 2.24) is 0 Å². The highest BCUT2D eigenvalue weighted by molar-refractivity contribution is 6.12. The first kappa shape index (κ1) is 14.1. The summed E-state index contributed by atoms with van der Waals surface area (Å²) in [5, 5.41) is 3.80. The van der Waals surface area contributed by atoms with Crippen molar-refractivity contribution >= 4 is 22.4 Å². The van der Waals surface area contributed by atoms with E-state index in [0.717, 1.165) is 6.42 Å². The van der Waals surface area contributed by atoms with Gasteiger partial charge in [0.25, 0.3) is 5.91 Å². The van der Waals surface area contributed by atoms with Crippen LogP contribution in [0.15, 0.2) is 64.0 Å². The number of fused-ring (bicyclic) bond motifs is 1. The quantitative estimate of drug-likeness (QED) is 0.802. The summed E-state index contributed by atoms with van der Waals surface area (Å²) in [6.45, 7) is 2.08. The maximum atomic E-state index is 12.4. The number of carbonyl (C=O) groups excluding carboxylic acids is 1. The molecule has 0 unspecified atom stereocenters. The molecule has 22 heavy (non-hydrogen) atoms. The summed E-state index contributed by atoms with van der Waals surface area (Å²) >= 11 is 0. The molecule has 3 rings (SSSR count). The van der Waals surface area contributed by atoms with Crippen molar-refractivity contribution in [2.75, 3.05) is 5.32 Å². The molecule has 1 heterocycles.